The molecule has 0 unspecified atom stereocenters. The molecule has 6 nitrogen and oxygen atoms in total. The quantitative estimate of drug-likeness (QED) is 0.537. The monoisotopic (exact) mass is 543 g/mol. The minimum absolute atomic E-state index is 0.0813. The van der Waals surface area contributed by atoms with Gasteiger partial charge in [0.25, 0.3) is 5.92 Å². The van der Waals surface area contributed by atoms with Gasteiger partial charge in [-0.1, -0.05) is 29.3 Å². The van der Waals surface area contributed by atoms with Gasteiger partial charge in [0.2, 0.25) is 11.8 Å². The summed E-state index contributed by atoms with van der Waals surface area (Å²) in [6.07, 6.45) is 3.42. The van der Waals surface area contributed by atoms with Crippen molar-refractivity contribution < 1.29 is 23.1 Å². The lowest BCUT2D eigenvalue weighted by atomic mass is 9.89. The van der Waals surface area contributed by atoms with E-state index in [1.165, 1.54) is 0 Å². The number of carbonyl (C=O) groups excluding carboxylic acids is 2. The molecule has 3 aliphatic heterocycles. The molecule has 5 rings (SSSR count). The van der Waals surface area contributed by atoms with Gasteiger partial charge in [0.05, 0.1) is 48.3 Å². The average Bonchev–Trinajstić information content (AvgIpc) is 3.62. The summed E-state index contributed by atoms with van der Waals surface area (Å²) in [6.45, 7) is 4.14. The summed E-state index contributed by atoms with van der Waals surface area (Å²) in [4.78, 5) is 31.9. The van der Waals surface area contributed by atoms with E-state index in [0.717, 1.165) is 18.5 Å². The molecule has 4 aliphatic rings. The van der Waals surface area contributed by atoms with Gasteiger partial charge in [-0.25, -0.2) is 8.78 Å². The summed E-state index contributed by atoms with van der Waals surface area (Å²) < 4.78 is 34.8. The van der Waals surface area contributed by atoms with Gasteiger partial charge in [-0.3, -0.25) is 14.5 Å². The molecular weight excluding hydrogens is 511 g/mol. The van der Waals surface area contributed by atoms with Crippen LogP contribution in [0.4, 0.5) is 8.78 Å². The average molecular weight is 544 g/mol. The van der Waals surface area contributed by atoms with Crippen LogP contribution in [-0.2, 0) is 20.7 Å². The van der Waals surface area contributed by atoms with E-state index in [4.69, 9.17) is 27.9 Å². The number of carbonyl (C=O) groups is 2. The molecule has 1 aromatic carbocycles. The number of fused-ring (bicyclic) bond motifs is 1. The second-order valence-corrected chi connectivity index (χ2v) is 11.7. The number of piperazine rings is 1. The molecule has 2 amide bonds. The number of benzene rings is 1. The maximum Gasteiger partial charge on any atom is 0.266 e. The molecule has 3 heterocycles. The third-order valence-corrected chi connectivity index (χ3v) is 9.26. The van der Waals surface area contributed by atoms with E-state index in [2.05, 4.69) is 0 Å². The Labute approximate surface area is 220 Å². The smallest absolute Gasteiger partial charge is 0.266 e. The molecule has 10 heteroatoms. The van der Waals surface area contributed by atoms with Crippen LogP contribution in [-0.4, -0.2) is 90.0 Å². The third-order valence-electron chi connectivity index (χ3n) is 8.52. The molecule has 1 aromatic rings. The SMILES string of the molecule is C[C@H]1C(=O)N2[C@@H](CCCN3CCC4(CC4)C(F)(F)C3)COC[C@H]2CN1C(=O)Cc1ccc(Cl)c(Cl)c1. The normalized spacial score (nSPS) is 29.4. The highest BCUT2D eigenvalue weighted by Crippen LogP contribution is 2.61. The second kappa shape index (κ2) is 10.0. The summed E-state index contributed by atoms with van der Waals surface area (Å²) >= 11 is 12.1. The van der Waals surface area contributed by atoms with Gasteiger partial charge >= 0.3 is 0 Å². The zero-order chi connectivity index (χ0) is 25.7. The Kier molecular flexibility index (Phi) is 7.27. The van der Waals surface area contributed by atoms with Gasteiger partial charge in [-0.2, -0.15) is 0 Å². The van der Waals surface area contributed by atoms with Crippen molar-refractivity contribution in [3.05, 3.63) is 33.8 Å². The molecule has 0 bridgehead atoms. The molecule has 1 saturated carbocycles. The molecule has 3 saturated heterocycles. The third kappa shape index (κ3) is 4.98. The van der Waals surface area contributed by atoms with Crippen LogP contribution in [0.15, 0.2) is 18.2 Å². The van der Waals surface area contributed by atoms with Crippen LogP contribution in [0.1, 0.15) is 44.6 Å². The maximum absolute atomic E-state index is 14.5. The largest absolute Gasteiger partial charge is 0.377 e. The predicted octanol–water partition coefficient (Wildman–Crippen LogP) is 4.26. The molecular formula is C26H33Cl2F2N3O3. The second-order valence-electron chi connectivity index (χ2n) is 10.9. The van der Waals surface area contributed by atoms with Crippen molar-refractivity contribution >= 4 is 35.0 Å². The van der Waals surface area contributed by atoms with Crippen molar-refractivity contribution in [3.63, 3.8) is 0 Å². The number of morpholine rings is 1. The molecule has 1 spiro atoms. The molecule has 3 atom stereocenters. The fourth-order valence-electron chi connectivity index (χ4n) is 6.09. The van der Waals surface area contributed by atoms with Gasteiger partial charge in [-0.05, 0) is 69.8 Å². The molecule has 1 aliphatic carbocycles. The summed E-state index contributed by atoms with van der Waals surface area (Å²) in [5, 5.41) is 0.816. The van der Waals surface area contributed by atoms with Crippen LogP contribution in [0.2, 0.25) is 10.0 Å². The van der Waals surface area contributed by atoms with Crippen molar-refractivity contribution in [1.29, 1.82) is 0 Å². The lowest BCUT2D eigenvalue weighted by Crippen LogP contribution is -2.68. The minimum Gasteiger partial charge on any atom is -0.377 e. The summed E-state index contributed by atoms with van der Waals surface area (Å²) in [5.74, 6) is -2.83. The predicted molar refractivity (Wildman–Crippen MR) is 133 cm³/mol. The maximum atomic E-state index is 14.5. The first-order chi connectivity index (χ1) is 17.1. The number of alkyl halides is 2. The fourth-order valence-corrected chi connectivity index (χ4v) is 6.41. The lowest BCUT2D eigenvalue weighted by molar-refractivity contribution is -0.168. The van der Waals surface area contributed by atoms with Crippen LogP contribution >= 0.6 is 23.2 Å². The summed E-state index contributed by atoms with van der Waals surface area (Å²) in [6, 6.07) is 4.20. The van der Waals surface area contributed by atoms with E-state index in [0.29, 0.717) is 62.0 Å². The number of amides is 2. The van der Waals surface area contributed by atoms with Crippen LogP contribution in [0, 0.1) is 5.41 Å². The highest BCUT2D eigenvalue weighted by molar-refractivity contribution is 6.42. The van der Waals surface area contributed by atoms with Crippen molar-refractivity contribution in [1.82, 2.24) is 14.7 Å². The van der Waals surface area contributed by atoms with E-state index >= 15 is 0 Å². The number of rotatable bonds is 6. The van der Waals surface area contributed by atoms with Crippen molar-refractivity contribution in [2.75, 3.05) is 39.4 Å². The topological polar surface area (TPSA) is 53.1 Å². The van der Waals surface area contributed by atoms with Crippen LogP contribution in [0.25, 0.3) is 0 Å². The number of likely N-dealkylation sites (tertiary alicyclic amines) is 1. The van der Waals surface area contributed by atoms with Crippen LogP contribution < -0.4 is 0 Å². The zero-order valence-electron chi connectivity index (χ0n) is 20.5. The van der Waals surface area contributed by atoms with Gasteiger partial charge < -0.3 is 14.5 Å². The molecule has 0 N–H and O–H groups in total. The zero-order valence-corrected chi connectivity index (χ0v) is 22.0. The number of hydrogen-bond donors (Lipinski definition) is 0. The number of ether oxygens (including phenoxy) is 1. The molecule has 0 radical (unpaired) electrons. The Morgan fingerprint density at radius 1 is 1.17 bits per heavy atom. The Bertz CT molecular complexity index is 1020. The van der Waals surface area contributed by atoms with E-state index in [1.807, 2.05) is 9.80 Å². The molecule has 36 heavy (non-hydrogen) atoms. The highest BCUT2D eigenvalue weighted by Gasteiger charge is 2.63. The van der Waals surface area contributed by atoms with Crippen molar-refractivity contribution in [2.24, 2.45) is 5.41 Å². The number of nitrogens with zero attached hydrogens (tertiary/aromatic N) is 3. The Balaban J connectivity index is 1.16. The first-order valence-corrected chi connectivity index (χ1v) is 13.6. The standard InChI is InChI=1S/C26H33Cl2F2N3O3/c1-17-24(35)33-19(3-2-9-31-10-8-25(6-7-25)26(29,30)16-31)14-36-15-20(33)13-32(17)23(34)12-18-4-5-21(27)22(28)11-18/h4-5,11,17,19-20H,2-3,6-10,12-16H2,1H3/t17-,19-,20+/m0/s1. The van der Waals surface area contributed by atoms with Gasteiger partial charge in [0.15, 0.2) is 0 Å². The molecule has 4 fully saturated rings. The van der Waals surface area contributed by atoms with Crippen molar-refractivity contribution in [3.8, 4) is 0 Å². The highest BCUT2D eigenvalue weighted by atomic mass is 35.5. The first-order valence-electron chi connectivity index (χ1n) is 12.8. The van der Waals surface area contributed by atoms with E-state index in [-0.39, 0.29) is 36.9 Å². The first kappa shape index (κ1) is 26.1. The summed E-state index contributed by atoms with van der Waals surface area (Å²) in [7, 11) is 0. The van der Waals surface area contributed by atoms with E-state index in [9.17, 15) is 18.4 Å². The molecule has 198 valence electrons. The Morgan fingerprint density at radius 3 is 2.64 bits per heavy atom. The van der Waals surface area contributed by atoms with E-state index < -0.39 is 17.4 Å². The minimum atomic E-state index is -2.60. The van der Waals surface area contributed by atoms with E-state index in [1.54, 1.807) is 30.0 Å². The summed E-state index contributed by atoms with van der Waals surface area (Å²) in [5.41, 5.74) is 0.0121. The number of hydrogen-bond acceptors (Lipinski definition) is 4. The fraction of sp³-hybridized carbons (Fsp3) is 0.692. The van der Waals surface area contributed by atoms with Gasteiger partial charge in [-0.15, -0.1) is 0 Å². The van der Waals surface area contributed by atoms with Gasteiger partial charge in [0, 0.05) is 12.0 Å². The van der Waals surface area contributed by atoms with Gasteiger partial charge in [0.1, 0.15) is 6.04 Å². The number of piperidine rings is 1. The van der Waals surface area contributed by atoms with Crippen LogP contribution in [0.3, 0.4) is 0 Å². The Hall–Kier alpha value is -1.48. The van der Waals surface area contributed by atoms with Crippen LogP contribution in [0.5, 0.6) is 0 Å². The van der Waals surface area contributed by atoms with Crippen molar-refractivity contribution in [2.45, 2.75) is 69.5 Å². The Morgan fingerprint density at radius 2 is 1.94 bits per heavy atom. The number of halogens is 4. The molecule has 0 aromatic heterocycles. The lowest BCUT2D eigenvalue weighted by Gasteiger charge is -2.50.